The summed E-state index contributed by atoms with van der Waals surface area (Å²) in [5, 5.41) is 6.85. The summed E-state index contributed by atoms with van der Waals surface area (Å²) >= 11 is 0. The van der Waals surface area contributed by atoms with Crippen molar-refractivity contribution in [3.63, 3.8) is 0 Å². The quantitative estimate of drug-likeness (QED) is 0.781. The fraction of sp³-hybridized carbons (Fsp3) is 0.700. The van der Waals surface area contributed by atoms with Crippen LogP contribution in [-0.2, 0) is 6.54 Å². The van der Waals surface area contributed by atoms with Crippen LogP contribution in [0.25, 0.3) is 0 Å². The van der Waals surface area contributed by atoms with E-state index in [0.29, 0.717) is 13.0 Å². The minimum atomic E-state index is -1.00. The average molecular weight is 197 g/mol. The predicted molar refractivity (Wildman–Crippen MR) is 52.7 cm³/mol. The summed E-state index contributed by atoms with van der Waals surface area (Å²) in [6.45, 7) is 5.86. The maximum atomic E-state index is 13.5. The molecule has 78 valence electrons. The van der Waals surface area contributed by atoms with Crippen molar-refractivity contribution in [2.75, 3.05) is 13.1 Å². The van der Waals surface area contributed by atoms with E-state index in [0.717, 1.165) is 18.8 Å². The second-order valence-corrected chi connectivity index (χ2v) is 4.39. The Hall–Kier alpha value is -0.900. The molecule has 14 heavy (non-hydrogen) atoms. The molecule has 0 saturated carbocycles. The van der Waals surface area contributed by atoms with Crippen LogP contribution in [0.4, 0.5) is 4.39 Å². The van der Waals surface area contributed by atoms with Crippen molar-refractivity contribution < 1.29 is 4.39 Å². The summed E-state index contributed by atoms with van der Waals surface area (Å²) in [6.07, 6.45) is 2.47. The van der Waals surface area contributed by atoms with Crippen LogP contribution in [0, 0.1) is 6.92 Å². The zero-order valence-electron chi connectivity index (χ0n) is 8.68. The minimum absolute atomic E-state index is 0.539. The van der Waals surface area contributed by atoms with Gasteiger partial charge in [-0.1, -0.05) is 0 Å². The molecule has 1 aliphatic heterocycles. The molecule has 1 aliphatic rings. The highest BCUT2D eigenvalue weighted by Gasteiger charge is 2.33. The van der Waals surface area contributed by atoms with E-state index in [1.165, 1.54) is 5.56 Å². The summed E-state index contributed by atoms with van der Waals surface area (Å²) in [6, 6.07) is 0. The van der Waals surface area contributed by atoms with E-state index in [2.05, 4.69) is 15.1 Å². The summed E-state index contributed by atoms with van der Waals surface area (Å²) in [5.41, 5.74) is 1.25. The summed E-state index contributed by atoms with van der Waals surface area (Å²) in [4.78, 5) is 2.14. The highest BCUT2D eigenvalue weighted by atomic mass is 19.1. The third-order valence-electron chi connectivity index (χ3n) is 2.83. The normalized spacial score (nSPS) is 28.5. The Morgan fingerprint density at radius 1 is 1.71 bits per heavy atom. The second-order valence-electron chi connectivity index (χ2n) is 4.39. The van der Waals surface area contributed by atoms with E-state index in [-0.39, 0.29) is 0 Å². The van der Waals surface area contributed by atoms with Crippen molar-refractivity contribution in [1.82, 2.24) is 15.1 Å². The number of nitrogens with zero attached hydrogens (tertiary/aromatic N) is 2. The molecular formula is C10H16FN3. The standard InChI is InChI=1S/C10H16FN3/c1-8-9(5-12-13-8)6-14-4-3-10(2,11)7-14/h5H,3-4,6-7H2,1-2H3,(H,12,13)/t10-/m1/s1. The number of nitrogens with one attached hydrogen (secondary N) is 1. The number of halogens is 1. The number of hydrogen-bond acceptors (Lipinski definition) is 2. The highest BCUT2D eigenvalue weighted by Crippen LogP contribution is 2.26. The first kappa shape index (κ1) is 9.65. The number of alkyl halides is 1. The van der Waals surface area contributed by atoms with Gasteiger partial charge in [0.15, 0.2) is 0 Å². The first-order chi connectivity index (χ1) is 6.57. The molecule has 0 aromatic carbocycles. The smallest absolute Gasteiger partial charge is 0.122 e. The Morgan fingerprint density at radius 2 is 2.50 bits per heavy atom. The second kappa shape index (κ2) is 3.35. The van der Waals surface area contributed by atoms with Crippen molar-refractivity contribution in [3.05, 3.63) is 17.5 Å². The molecule has 1 fully saturated rings. The first-order valence-electron chi connectivity index (χ1n) is 4.97. The zero-order valence-corrected chi connectivity index (χ0v) is 8.68. The van der Waals surface area contributed by atoms with Crippen molar-refractivity contribution >= 4 is 0 Å². The van der Waals surface area contributed by atoms with E-state index in [1.54, 1.807) is 6.92 Å². The van der Waals surface area contributed by atoms with Gasteiger partial charge in [-0.15, -0.1) is 0 Å². The third kappa shape index (κ3) is 1.95. The maximum Gasteiger partial charge on any atom is 0.122 e. The molecule has 0 radical (unpaired) electrons. The van der Waals surface area contributed by atoms with Gasteiger partial charge in [-0.2, -0.15) is 5.10 Å². The molecule has 4 heteroatoms. The molecule has 1 N–H and O–H groups in total. The van der Waals surface area contributed by atoms with Crippen LogP contribution < -0.4 is 0 Å². The van der Waals surface area contributed by atoms with Gasteiger partial charge in [0.25, 0.3) is 0 Å². The van der Waals surface area contributed by atoms with Gasteiger partial charge in [-0.25, -0.2) is 4.39 Å². The van der Waals surface area contributed by atoms with Crippen LogP contribution in [0.3, 0.4) is 0 Å². The predicted octanol–water partition coefficient (Wildman–Crippen LogP) is 1.65. The molecule has 0 spiro atoms. The number of H-pyrrole nitrogens is 1. The lowest BCUT2D eigenvalue weighted by atomic mass is 10.1. The van der Waals surface area contributed by atoms with Gasteiger partial charge in [0.05, 0.1) is 6.20 Å². The van der Waals surface area contributed by atoms with Crippen LogP contribution in [0.2, 0.25) is 0 Å². The molecule has 0 amide bonds. The fourth-order valence-corrected chi connectivity index (χ4v) is 1.93. The van der Waals surface area contributed by atoms with Crippen LogP contribution >= 0.6 is 0 Å². The lowest BCUT2D eigenvalue weighted by molar-refractivity contribution is 0.186. The van der Waals surface area contributed by atoms with E-state index in [1.807, 2.05) is 13.1 Å². The summed E-state index contributed by atoms with van der Waals surface area (Å²) in [7, 11) is 0. The Morgan fingerprint density at radius 3 is 3.00 bits per heavy atom. The molecule has 2 rings (SSSR count). The van der Waals surface area contributed by atoms with Gasteiger partial charge >= 0.3 is 0 Å². The number of hydrogen-bond donors (Lipinski definition) is 1. The number of aryl methyl sites for hydroxylation is 1. The van der Waals surface area contributed by atoms with Gasteiger partial charge < -0.3 is 0 Å². The van der Waals surface area contributed by atoms with Crippen molar-refractivity contribution in [3.8, 4) is 0 Å². The zero-order chi connectivity index (χ0) is 10.2. The number of aromatic amines is 1. The monoisotopic (exact) mass is 197 g/mol. The average Bonchev–Trinajstić information content (AvgIpc) is 2.61. The van der Waals surface area contributed by atoms with Crippen LogP contribution in [0.1, 0.15) is 24.6 Å². The minimum Gasteiger partial charge on any atom is -0.296 e. The van der Waals surface area contributed by atoms with Gasteiger partial charge in [0.1, 0.15) is 5.67 Å². The molecule has 1 saturated heterocycles. The van der Waals surface area contributed by atoms with E-state index < -0.39 is 5.67 Å². The van der Waals surface area contributed by atoms with Crippen LogP contribution in [0.5, 0.6) is 0 Å². The lowest BCUT2D eigenvalue weighted by Crippen LogP contribution is -2.25. The molecule has 1 aromatic rings. The van der Waals surface area contributed by atoms with Crippen molar-refractivity contribution in [1.29, 1.82) is 0 Å². The third-order valence-corrected chi connectivity index (χ3v) is 2.83. The van der Waals surface area contributed by atoms with Crippen molar-refractivity contribution in [2.45, 2.75) is 32.5 Å². The number of aromatic nitrogens is 2. The van der Waals surface area contributed by atoms with Gasteiger partial charge in [0.2, 0.25) is 0 Å². The topological polar surface area (TPSA) is 31.9 Å². The van der Waals surface area contributed by atoms with Crippen molar-refractivity contribution in [2.24, 2.45) is 0 Å². The van der Waals surface area contributed by atoms with Gasteiger partial charge in [-0.05, 0) is 20.3 Å². The Balaban J connectivity index is 1.97. The Labute approximate surface area is 83.3 Å². The molecular weight excluding hydrogens is 181 g/mol. The fourth-order valence-electron chi connectivity index (χ4n) is 1.93. The highest BCUT2D eigenvalue weighted by molar-refractivity contribution is 5.14. The molecule has 0 unspecified atom stereocenters. The van der Waals surface area contributed by atoms with E-state index in [4.69, 9.17) is 0 Å². The molecule has 0 aliphatic carbocycles. The number of likely N-dealkylation sites (tertiary alicyclic amines) is 1. The molecule has 3 nitrogen and oxygen atoms in total. The van der Waals surface area contributed by atoms with Gasteiger partial charge in [0, 0.05) is 30.9 Å². The van der Waals surface area contributed by atoms with E-state index >= 15 is 0 Å². The van der Waals surface area contributed by atoms with Gasteiger partial charge in [-0.3, -0.25) is 10.00 Å². The summed E-state index contributed by atoms with van der Waals surface area (Å²) < 4.78 is 13.5. The lowest BCUT2D eigenvalue weighted by Gasteiger charge is -2.16. The van der Waals surface area contributed by atoms with E-state index in [9.17, 15) is 4.39 Å². The molecule has 2 heterocycles. The molecule has 1 aromatic heterocycles. The first-order valence-corrected chi connectivity index (χ1v) is 4.97. The Bertz CT molecular complexity index is 319. The van der Waals surface area contributed by atoms with Crippen LogP contribution in [-0.4, -0.2) is 33.9 Å². The molecule has 1 atom stereocenters. The van der Waals surface area contributed by atoms with Crippen LogP contribution in [0.15, 0.2) is 6.20 Å². The summed E-state index contributed by atoms with van der Waals surface area (Å²) in [5.74, 6) is 0. The molecule has 0 bridgehead atoms. The Kier molecular flexibility index (Phi) is 2.31. The maximum absolute atomic E-state index is 13.5. The largest absolute Gasteiger partial charge is 0.296 e. The number of rotatable bonds is 2. The SMILES string of the molecule is Cc1[nH]ncc1CN1CC[C@@](C)(F)C1.